The second-order valence-electron chi connectivity index (χ2n) is 13.2. The zero-order valence-electron chi connectivity index (χ0n) is 27.9. The van der Waals surface area contributed by atoms with Gasteiger partial charge in [-0.25, -0.2) is 9.97 Å². The lowest BCUT2D eigenvalue weighted by molar-refractivity contribution is 1.23. The lowest BCUT2D eigenvalue weighted by Gasteiger charge is -2.34. The molecule has 5 heteroatoms. The molecule has 1 aliphatic rings. The first kappa shape index (κ1) is 29.1. The molecule has 242 valence electrons. The quantitative estimate of drug-likeness (QED) is 0.186. The normalized spacial score (nSPS) is 12.2. The fourth-order valence-corrected chi connectivity index (χ4v) is 9.00. The Morgan fingerprint density at radius 1 is 0.500 bits per heavy atom. The molecule has 7 aromatic carbocycles. The molecule has 0 atom stereocenters. The summed E-state index contributed by atoms with van der Waals surface area (Å²) in [5, 5.41) is 6.11. The summed E-state index contributed by atoms with van der Waals surface area (Å²) < 4.78 is 2.30. The predicted octanol–water partition coefficient (Wildman–Crippen LogP) is 13.0. The minimum absolute atomic E-state index is 0.711. The van der Waals surface area contributed by atoms with Crippen LogP contribution in [0.15, 0.2) is 170 Å². The fourth-order valence-electron chi connectivity index (χ4n) is 7.84. The molecule has 0 saturated heterocycles. The molecule has 0 bridgehead atoms. The van der Waals surface area contributed by atoms with Gasteiger partial charge in [0.2, 0.25) is 0 Å². The number of thiophene rings is 1. The molecule has 0 saturated carbocycles. The predicted molar refractivity (Wildman–Crippen MR) is 218 cm³/mol. The highest BCUT2D eigenvalue weighted by atomic mass is 32.1. The Kier molecular flexibility index (Phi) is 6.39. The van der Waals surface area contributed by atoms with Crippen molar-refractivity contribution in [1.29, 1.82) is 0 Å². The van der Waals surface area contributed by atoms with Crippen LogP contribution in [-0.2, 0) is 0 Å². The van der Waals surface area contributed by atoms with Crippen LogP contribution in [0.25, 0.3) is 86.9 Å². The first-order chi connectivity index (χ1) is 25.8. The van der Waals surface area contributed by atoms with E-state index in [2.05, 4.69) is 155 Å². The standard InChI is InChI=1S/C47H28N4S/c1-2-12-35-29(9-1)24-27-37-36-14-7-10-31-11-8-16-40(42(31)36)51(45(35)37)34-25-22-33(23-26-34)47-49-43(46-44(50-47)38-13-3-4-17-41(38)52-46)32-20-18-30(19-21-32)39-15-5-6-28-48-39/h1-28H. The van der Waals surface area contributed by atoms with E-state index in [0.717, 1.165) is 49.4 Å². The number of fused-ring (bicyclic) bond motifs is 7. The molecule has 1 aliphatic heterocycles. The van der Waals surface area contributed by atoms with Crippen molar-refractivity contribution in [3.8, 4) is 45.0 Å². The van der Waals surface area contributed by atoms with Gasteiger partial charge in [0.25, 0.3) is 0 Å². The summed E-state index contributed by atoms with van der Waals surface area (Å²) in [6, 6.07) is 58.3. The van der Waals surface area contributed by atoms with Crippen LogP contribution >= 0.6 is 11.3 Å². The van der Waals surface area contributed by atoms with E-state index in [-0.39, 0.29) is 0 Å². The Morgan fingerprint density at radius 3 is 2.08 bits per heavy atom. The number of aromatic nitrogens is 3. The Morgan fingerprint density at radius 2 is 1.23 bits per heavy atom. The number of rotatable bonds is 4. The number of hydrogen-bond acceptors (Lipinski definition) is 5. The first-order valence-corrected chi connectivity index (χ1v) is 18.3. The summed E-state index contributed by atoms with van der Waals surface area (Å²) >= 11 is 1.75. The molecule has 0 aliphatic carbocycles. The van der Waals surface area contributed by atoms with Crippen LogP contribution in [-0.4, -0.2) is 15.0 Å². The minimum Gasteiger partial charge on any atom is -0.309 e. The van der Waals surface area contributed by atoms with Crippen LogP contribution in [0, 0.1) is 0 Å². The molecule has 3 aromatic heterocycles. The van der Waals surface area contributed by atoms with Gasteiger partial charge in [0, 0.05) is 55.0 Å². The van der Waals surface area contributed by atoms with Gasteiger partial charge in [0.15, 0.2) is 5.82 Å². The van der Waals surface area contributed by atoms with Crippen molar-refractivity contribution < 1.29 is 0 Å². The Balaban J connectivity index is 1.07. The molecule has 52 heavy (non-hydrogen) atoms. The number of pyridine rings is 1. The van der Waals surface area contributed by atoms with Gasteiger partial charge in [-0.2, -0.15) is 0 Å². The van der Waals surface area contributed by atoms with Gasteiger partial charge in [-0.3, -0.25) is 4.98 Å². The third-order valence-electron chi connectivity index (χ3n) is 10.3. The molecule has 10 aromatic rings. The van der Waals surface area contributed by atoms with Crippen molar-refractivity contribution in [2.75, 3.05) is 4.90 Å². The van der Waals surface area contributed by atoms with E-state index in [0.29, 0.717) is 5.82 Å². The summed E-state index contributed by atoms with van der Waals surface area (Å²) in [5.74, 6) is 0.711. The average molecular weight is 681 g/mol. The number of benzene rings is 7. The summed E-state index contributed by atoms with van der Waals surface area (Å²) in [6.07, 6.45) is 1.83. The minimum atomic E-state index is 0.711. The maximum atomic E-state index is 5.29. The highest BCUT2D eigenvalue weighted by Crippen LogP contribution is 2.53. The number of hydrogen-bond donors (Lipinski definition) is 0. The van der Waals surface area contributed by atoms with E-state index < -0.39 is 0 Å². The van der Waals surface area contributed by atoms with Gasteiger partial charge in [-0.1, -0.05) is 115 Å². The van der Waals surface area contributed by atoms with Gasteiger partial charge < -0.3 is 4.90 Å². The summed E-state index contributed by atoms with van der Waals surface area (Å²) in [5.41, 5.74) is 12.0. The van der Waals surface area contributed by atoms with E-state index in [1.807, 2.05) is 24.4 Å². The molecule has 0 radical (unpaired) electrons. The second kappa shape index (κ2) is 11.4. The van der Waals surface area contributed by atoms with Crippen LogP contribution in [0.1, 0.15) is 0 Å². The number of nitrogens with zero attached hydrogens (tertiary/aromatic N) is 4. The summed E-state index contributed by atoms with van der Waals surface area (Å²) in [7, 11) is 0. The van der Waals surface area contributed by atoms with Crippen molar-refractivity contribution in [1.82, 2.24) is 15.0 Å². The van der Waals surface area contributed by atoms with Crippen LogP contribution < -0.4 is 4.90 Å². The Bertz CT molecular complexity index is 3000. The summed E-state index contributed by atoms with van der Waals surface area (Å²) in [4.78, 5) is 17.5. The van der Waals surface area contributed by atoms with Crippen molar-refractivity contribution in [3.05, 3.63) is 170 Å². The van der Waals surface area contributed by atoms with Gasteiger partial charge in [0.05, 0.1) is 33.0 Å². The monoisotopic (exact) mass is 680 g/mol. The van der Waals surface area contributed by atoms with Gasteiger partial charge in [-0.05, 0) is 64.9 Å². The van der Waals surface area contributed by atoms with E-state index in [9.17, 15) is 0 Å². The molecule has 4 nitrogen and oxygen atoms in total. The van der Waals surface area contributed by atoms with Crippen LogP contribution in [0.4, 0.5) is 17.1 Å². The van der Waals surface area contributed by atoms with Crippen LogP contribution in [0.5, 0.6) is 0 Å². The van der Waals surface area contributed by atoms with Gasteiger partial charge in [-0.15, -0.1) is 11.3 Å². The van der Waals surface area contributed by atoms with Crippen molar-refractivity contribution in [2.45, 2.75) is 0 Å². The van der Waals surface area contributed by atoms with E-state index in [1.165, 1.54) is 48.7 Å². The number of anilines is 3. The molecule has 0 spiro atoms. The van der Waals surface area contributed by atoms with Crippen molar-refractivity contribution in [2.24, 2.45) is 0 Å². The molecule has 0 fully saturated rings. The lowest BCUT2D eigenvalue weighted by Crippen LogP contribution is -2.15. The van der Waals surface area contributed by atoms with Crippen LogP contribution in [0.3, 0.4) is 0 Å². The maximum absolute atomic E-state index is 5.29. The lowest BCUT2D eigenvalue weighted by atomic mass is 9.88. The van der Waals surface area contributed by atoms with E-state index in [1.54, 1.807) is 11.3 Å². The van der Waals surface area contributed by atoms with E-state index >= 15 is 0 Å². The molecular weight excluding hydrogens is 653 g/mol. The molecule has 0 unspecified atom stereocenters. The smallest absolute Gasteiger partial charge is 0.160 e. The van der Waals surface area contributed by atoms with E-state index in [4.69, 9.17) is 9.97 Å². The molecule has 4 heterocycles. The second-order valence-corrected chi connectivity index (χ2v) is 14.3. The molecule has 0 N–H and O–H groups in total. The Labute approximate surface area is 303 Å². The highest BCUT2D eigenvalue weighted by Gasteiger charge is 2.28. The van der Waals surface area contributed by atoms with Crippen LogP contribution in [0.2, 0.25) is 0 Å². The van der Waals surface area contributed by atoms with Gasteiger partial charge in [0.1, 0.15) is 0 Å². The molecule has 11 rings (SSSR count). The zero-order chi connectivity index (χ0) is 34.2. The SMILES string of the molecule is c1ccc(-c2ccc(-c3nc(-c4ccc(N5c6c(ccc7ccccc67)-c6cccc7cccc5c67)cc4)nc4c3sc3ccccc34)cc2)nc1. The van der Waals surface area contributed by atoms with Crippen molar-refractivity contribution in [3.63, 3.8) is 0 Å². The summed E-state index contributed by atoms with van der Waals surface area (Å²) in [6.45, 7) is 0. The van der Waals surface area contributed by atoms with Gasteiger partial charge >= 0.3 is 0 Å². The third kappa shape index (κ3) is 4.43. The highest BCUT2D eigenvalue weighted by molar-refractivity contribution is 7.26. The maximum Gasteiger partial charge on any atom is 0.160 e. The topological polar surface area (TPSA) is 41.9 Å². The largest absolute Gasteiger partial charge is 0.309 e. The fraction of sp³-hybridized carbons (Fsp3) is 0. The molecular formula is C47H28N4S. The Hall–Kier alpha value is -6.69. The third-order valence-corrected chi connectivity index (χ3v) is 11.4. The first-order valence-electron chi connectivity index (χ1n) is 17.4. The van der Waals surface area contributed by atoms with Crippen molar-refractivity contribution >= 4 is 70.2 Å². The molecule has 0 amide bonds. The average Bonchev–Trinajstić information content (AvgIpc) is 3.60. The zero-order valence-corrected chi connectivity index (χ0v) is 28.7.